The standard InChI is InChI=1S/C18H18ClF3N2O/c1-12(25)24-15-5-2-14(3-6-15)11-23-9-8-13-4-7-17(19)16(10-13)18(20,21)22/h2-7,10,23H,8-9,11H2,1H3,(H,24,25). The SMILES string of the molecule is CC(=O)Nc1ccc(CNCCc2ccc(Cl)c(C(F)(F)F)c2)cc1. The Morgan fingerprint density at radius 2 is 1.72 bits per heavy atom. The minimum absolute atomic E-state index is 0.132. The Hall–Kier alpha value is -2.05. The van der Waals surface area contributed by atoms with Gasteiger partial charge >= 0.3 is 6.18 Å². The van der Waals surface area contributed by atoms with Crippen molar-refractivity contribution in [2.75, 3.05) is 11.9 Å². The molecule has 0 aliphatic heterocycles. The largest absolute Gasteiger partial charge is 0.417 e. The Labute approximate surface area is 149 Å². The number of benzene rings is 2. The van der Waals surface area contributed by atoms with Gasteiger partial charge in [-0.05, 0) is 48.4 Å². The zero-order valence-electron chi connectivity index (χ0n) is 13.6. The number of carbonyl (C=O) groups excluding carboxylic acids is 1. The van der Waals surface area contributed by atoms with E-state index in [2.05, 4.69) is 10.6 Å². The van der Waals surface area contributed by atoms with Crippen LogP contribution in [0.2, 0.25) is 5.02 Å². The predicted molar refractivity (Wildman–Crippen MR) is 92.6 cm³/mol. The molecule has 0 spiro atoms. The fourth-order valence-electron chi connectivity index (χ4n) is 2.32. The molecule has 0 saturated carbocycles. The first-order valence-electron chi connectivity index (χ1n) is 7.68. The van der Waals surface area contributed by atoms with Gasteiger partial charge in [0.2, 0.25) is 5.91 Å². The van der Waals surface area contributed by atoms with Crippen LogP contribution in [0.3, 0.4) is 0 Å². The van der Waals surface area contributed by atoms with Crippen LogP contribution in [-0.2, 0) is 23.9 Å². The smallest absolute Gasteiger partial charge is 0.326 e. The molecule has 0 fully saturated rings. The number of alkyl halides is 3. The molecule has 0 heterocycles. The number of hydrogen-bond donors (Lipinski definition) is 2. The molecule has 1 amide bonds. The molecule has 0 radical (unpaired) electrons. The number of nitrogens with one attached hydrogen (secondary N) is 2. The number of amides is 1. The lowest BCUT2D eigenvalue weighted by Crippen LogP contribution is -2.17. The molecule has 0 bridgehead atoms. The highest BCUT2D eigenvalue weighted by Gasteiger charge is 2.33. The third kappa shape index (κ3) is 6.07. The zero-order valence-corrected chi connectivity index (χ0v) is 14.3. The molecular formula is C18H18ClF3N2O. The summed E-state index contributed by atoms with van der Waals surface area (Å²) in [5.41, 5.74) is 1.50. The summed E-state index contributed by atoms with van der Waals surface area (Å²) in [5.74, 6) is -0.132. The van der Waals surface area contributed by atoms with Crippen molar-refractivity contribution in [1.82, 2.24) is 5.32 Å². The summed E-state index contributed by atoms with van der Waals surface area (Å²) < 4.78 is 38.5. The predicted octanol–water partition coefficient (Wildman–Crippen LogP) is 4.65. The number of rotatable bonds is 6. The minimum atomic E-state index is -4.45. The lowest BCUT2D eigenvalue weighted by molar-refractivity contribution is -0.137. The summed E-state index contributed by atoms with van der Waals surface area (Å²) in [6.07, 6.45) is -3.99. The van der Waals surface area contributed by atoms with Gasteiger partial charge in [-0.15, -0.1) is 0 Å². The summed E-state index contributed by atoms with van der Waals surface area (Å²) in [4.78, 5) is 10.9. The molecule has 0 aliphatic rings. The quantitative estimate of drug-likeness (QED) is 0.727. The molecule has 2 rings (SSSR count). The van der Waals surface area contributed by atoms with Crippen molar-refractivity contribution in [1.29, 1.82) is 0 Å². The lowest BCUT2D eigenvalue weighted by atomic mass is 10.1. The summed E-state index contributed by atoms with van der Waals surface area (Å²) >= 11 is 5.60. The van der Waals surface area contributed by atoms with Crippen LogP contribution in [0.25, 0.3) is 0 Å². The second-order valence-corrected chi connectivity index (χ2v) is 6.02. The first-order valence-corrected chi connectivity index (χ1v) is 8.06. The molecule has 3 nitrogen and oxygen atoms in total. The first-order chi connectivity index (χ1) is 11.8. The normalized spacial score (nSPS) is 11.4. The molecule has 0 aliphatic carbocycles. The van der Waals surface area contributed by atoms with Crippen LogP contribution in [0.15, 0.2) is 42.5 Å². The number of halogens is 4. The Bertz CT molecular complexity index is 730. The van der Waals surface area contributed by atoms with Crippen LogP contribution in [0.1, 0.15) is 23.6 Å². The van der Waals surface area contributed by atoms with E-state index in [4.69, 9.17) is 11.6 Å². The minimum Gasteiger partial charge on any atom is -0.326 e. The van der Waals surface area contributed by atoms with Crippen molar-refractivity contribution in [2.45, 2.75) is 26.1 Å². The van der Waals surface area contributed by atoms with E-state index in [-0.39, 0.29) is 10.9 Å². The molecule has 25 heavy (non-hydrogen) atoms. The van der Waals surface area contributed by atoms with Crippen molar-refractivity contribution < 1.29 is 18.0 Å². The number of hydrogen-bond acceptors (Lipinski definition) is 2. The molecule has 0 atom stereocenters. The van der Waals surface area contributed by atoms with E-state index in [9.17, 15) is 18.0 Å². The number of carbonyl (C=O) groups is 1. The third-order valence-electron chi connectivity index (χ3n) is 3.53. The summed E-state index contributed by atoms with van der Waals surface area (Å²) in [7, 11) is 0. The van der Waals surface area contributed by atoms with Crippen LogP contribution in [0.5, 0.6) is 0 Å². The highest BCUT2D eigenvalue weighted by molar-refractivity contribution is 6.31. The van der Waals surface area contributed by atoms with Gasteiger partial charge in [0, 0.05) is 19.2 Å². The third-order valence-corrected chi connectivity index (χ3v) is 3.86. The molecular weight excluding hydrogens is 353 g/mol. The van der Waals surface area contributed by atoms with E-state index in [0.717, 1.165) is 17.3 Å². The molecule has 7 heteroatoms. The fourth-order valence-corrected chi connectivity index (χ4v) is 2.54. The van der Waals surface area contributed by atoms with Gasteiger partial charge in [-0.1, -0.05) is 29.8 Å². The van der Waals surface area contributed by atoms with Gasteiger partial charge in [0.05, 0.1) is 10.6 Å². The van der Waals surface area contributed by atoms with Gasteiger partial charge in [0.1, 0.15) is 0 Å². The summed E-state index contributed by atoms with van der Waals surface area (Å²) in [5, 5.41) is 5.57. The maximum Gasteiger partial charge on any atom is 0.417 e. The summed E-state index contributed by atoms with van der Waals surface area (Å²) in [6, 6.07) is 11.3. The highest BCUT2D eigenvalue weighted by Crippen LogP contribution is 2.35. The number of anilines is 1. The van der Waals surface area contributed by atoms with Gasteiger partial charge in [-0.2, -0.15) is 13.2 Å². The Morgan fingerprint density at radius 3 is 2.32 bits per heavy atom. The lowest BCUT2D eigenvalue weighted by Gasteiger charge is -2.11. The van der Waals surface area contributed by atoms with Crippen LogP contribution in [-0.4, -0.2) is 12.5 Å². The van der Waals surface area contributed by atoms with E-state index in [1.165, 1.54) is 13.0 Å². The van der Waals surface area contributed by atoms with Crippen LogP contribution in [0, 0.1) is 0 Å². The average Bonchev–Trinajstić information content (AvgIpc) is 2.53. The fraction of sp³-hybridized carbons (Fsp3) is 0.278. The molecule has 2 N–H and O–H groups in total. The van der Waals surface area contributed by atoms with Gasteiger partial charge in [-0.3, -0.25) is 4.79 Å². The molecule has 0 aromatic heterocycles. The highest BCUT2D eigenvalue weighted by atomic mass is 35.5. The van der Waals surface area contributed by atoms with E-state index < -0.39 is 11.7 Å². The molecule has 2 aromatic rings. The molecule has 0 saturated heterocycles. The topological polar surface area (TPSA) is 41.1 Å². The molecule has 2 aromatic carbocycles. The van der Waals surface area contributed by atoms with Gasteiger partial charge in [0.15, 0.2) is 0 Å². The van der Waals surface area contributed by atoms with E-state index in [1.807, 2.05) is 12.1 Å². The van der Waals surface area contributed by atoms with Crippen LogP contribution >= 0.6 is 11.6 Å². The Morgan fingerprint density at radius 1 is 1.08 bits per heavy atom. The van der Waals surface area contributed by atoms with Crippen molar-refractivity contribution in [3.63, 3.8) is 0 Å². The van der Waals surface area contributed by atoms with Crippen LogP contribution < -0.4 is 10.6 Å². The molecule has 0 unspecified atom stereocenters. The maximum absolute atomic E-state index is 12.8. The second-order valence-electron chi connectivity index (χ2n) is 5.62. The Kier molecular flexibility index (Phi) is 6.45. The summed E-state index contributed by atoms with van der Waals surface area (Å²) in [6.45, 7) is 2.56. The Balaban J connectivity index is 1.84. The second kappa shape index (κ2) is 8.36. The van der Waals surface area contributed by atoms with Gasteiger partial charge in [0.25, 0.3) is 0 Å². The zero-order chi connectivity index (χ0) is 18.4. The van der Waals surface area contributed by atoms with E-state index in [0.29, 0.717) is 25.1 Å². The van der Waals surface area contributed by atoms with E-state index in [1.54, 1.807) is 18.2 Å². The average molecular weight is 371 g/mol. The van der Waals surface area contributed by atoms with Gasteiger partial charge in [-0.25, -0.2) is 0 Å². The van der Waals surface area contributed by atoms with Crippen molar-refractivity contribution in [2.24, 2.45) is 0 Å². The monoisotopic (exact) mass is 370 g/mol. The maximum atomic E-state index is 12.8. The van der Waals surface area contributed by atoms with Crippen molar-refractivity contribution in [3.8, 4) is 0 Å². The van der Waals surface area contributed by atoms with E-state index >= 15 is 0 Å². The molecule has 134 valence electrons. The van der Waals surface area contributed by atoms with Crippen molar-refractivity contribution in [3.05, 3.63) is 64.2 Å². The first kappa shape index (κ1) is 19.3. The van der Waals surface area contributed by atoms with Gasteiger partial charge < -0.3 is 10.6 Å². The van der Waals surface area contributed by atoms with Crippen molar-refractivity contribution >= 4 is 23.2 Å². The van der Waals surface area contributed by atoms with Crippen LogP contribution in [0.4, 0.5) is 18.9 Å².